The number of fused-ring (bicyclic) bond motifs is 2. The number of imidazole rings is 2. The topological polar surface area (TPSA) is 217 Å². The lowest BCUT2D eigenvalue weighted by Gasteiger charge is -2.34. The van der Waals surface area contributed by atoms with E-state index >= 15 is 0 Å². The van der Waals surface area contributed by atoms with Crippen LogP contribution in [0.2, 0.25) is 55.9 Å². The van der Waals surface area contributed by atoms with Crippen LogP contribution in [0.25, 0.3) is 22.3 Å². The molecule has 6 atom stereocenters. The van der Waals surface area contributed by atoms with E-state index in [9.17, 15) is 5.11 Å². The standard InChI is InChI=1S/C20H37N5O3Si2.C10H13N5O3.C5H13ClSi/c1-13(2)29(5,6)26-10-16-15(28-30(7,8)14(3)4)9-17(27-16)25-12-24-18-19(21)22-11-23-20(18)25;11-9-8-10(13-3-12-9)15(4-14-8)7-1-5(17)6(2-16)18-7;1-5(2)7(3,4)6/h11-17H,9-10H2,1-8H3,(H2,21,22,23);3-7,16-17H,1-2H2,(H2,11,12,13);5H,1-4H3/t15-,16-,17-;5-,6-,7-;/m11./s1. The molecule has 0 radical (unpaired) electrons. The second-order valence-electron chi connectivity index (χ2n) is 16.8. The second-order valence-corrected chi connectivity index (χ2v) is 33.3. The molecule has 16 nitrogen and oxygen atoms in total. The first-order chi connectivity index (χ1) is 25.6. The molecule has 0 aromatic carbocycles. The third-order valence-corrected chi connectivity index (χ3v) is 22.6. The number of hydrogen-bond acceptors (Lipinski definition) is 14. The summed E-state index contributed by atoms with van der Waals surface area (Å²) in [6, 6.07) is 0. The van der Waals surface area contributed by atoms with Gasteiger partial charge in [-0.05, 0) is 42.8 Å². The quantitative estimate of drug-likeness (QED) is 0.0975. The summed E-state index contributed by atoms with van der Waals surface area (Å²) < 4.78 is 28.8. The Hall–Kier alpha value is -2.60. The monoisotopic (exact) mass is 838 g/mol. The van der Waals surface area contributed by atoms with Gasteiger partial charge in [-0.1, -0.05) is 54.6 Å². The van der Waals surface area contributed by atoms with Gasteiger partial charge in [0.25, 0.3) is 0 Å². The number of hydrogen-bond donors (Lipinski definition) is 4. The van der Waals surface area contributed by atoms with Crippen LogP contribution in [-0.4, -0.2) is 111 Å². The van der Waals surface area contributed by atoms with E-state index in [-0.39, 0.29) is 25.0 Å². The van der Waals surface area contributed by atoms with Crippen molar-refractivity contribution in [2.24, 2.45) is 0 Å². The maximum Gasteiger partial charge on any atom is 0.189 e. The van der Waals surface area contributed by atoms with Gasteiger partial charge >= 0.3 is 0 Å². The number of anilines is 2. The maximum atomic E-state index is 9.71. The number of nitrogens with two attached hydrogens (primary N) is 2. The van der Waals surface area contributed by atoms with Crippen LogP contribution in [0, 0.1) is 0 Å². The largest absolute Gasteiger partial charge is 0.414 e. The summed E-state index contributed by atoms with van der Waals surface area (Å²) in [7, 11) is -4.90. The minimum atomic E-state index is -1.86. The Balaban J connectivity index is 0.000000226. The zero-order valence-corrected chi connectivity index (χ0v) is 38.2. The fraction of sp³-hybridized carbons (Fsp3) is 0.714. The molecular weight excluding hydrogens is 776 g/mol. The fourth-order valence-electron chi connectivity index (χ4n) is 5.35. The number of aliphatic hydroxyl groups excluding tert-OH is 2. The first kappa shape index (κ1) is 45.1. The van der Waals surface area contributed by atoms with Gasteiger partial charge in [-0.25, -0.2) is 29.9 Å². The van der Waals surface area contributed by atoms with Crippen LogP contribution in [0.5, 0.6) is 0 Å². The molecule has 55 heavy (non-hydrogen) atoms. The molecular formula is C35H63ClN10O6Si3. The van der Waals surface area contributed by atoms with Crippen LogP contribution in [0.3, 0.4) is 0 Å². The molecule has 2 aliphatic heterocycles. The van der Waals surface area contributed by atoms with Crippen molar-refractivity contribution in [3.63, 3.8) is 0 Å². The van der Waals surface area contributed by atoms with Crippen molar-refractivity contribution in [1.29, 1.82) is 0 Å². The molecule has 6 heterocycles. The Kier molecular flexibility index (Phi) is 15.0. The van der Waals surface area contributed by atoms with Gasteiger partial charge in [0, 0.05) is 12.8 Å². The summed E-state index contributed by atoms with van der Waals surface area (Å²) >= 11 is 6.01. The third-order valence-electron chi connectivity index (χ3n) is 11.2. The van der Waals surface area contributed by atoms with Gasteiger partial charge < -0.3 is 40.0 Å². The fourth-order valence-corrected chi connectivity index (χ4v) is 7.57. The van der Waals surface area contributed by atoms with Gasteiger partial charge in [-0.15, -0.1) is 0 Å². The van der Waals surface area contributed by atoms with Crippen molar-refractivity contribution in [3.8, 4) is 0 Å². The Morgan fingerprint density at radius 2 is 1.20 bits per heavy atom. The van der Waals surface area contributed by atoms with Crippen molar-refractivity contribution >= 4 is 69.1 Å². The van der Waals surface area contributed by atoms with E-state index in [2.05, 4.69) is 111 Å². The Morgan fingerprint density at radius 1 is 0.745 bits per heavy atom. The molecule has 4 aromatic rings. The van der Waals surface area contributed by atoms with E-state index in [1.807, 2.05) is 4.57 Å². The van der Waals surface area contributed by atoms with Gasteiger partial charge in [0.1, 0.15) is 48.4 Å². The van der Waals surface area contributed by atoms with Gasteiger partial charge in [0.05, 0.1) is 38.1 Å². The second kappa shape index (κ2) is 18.3. The first-order valence-electron chi connectivity index (χ1n) is 19.0. The molecule has 0 amide bonds. The van der Waals surface area contributed by atoms with E-state index in [0.29, 0.717) is 63.6 Å². The average molecular weight is 840 g/mol. The Labute approximate surface area is 332 Å². The number of nitrogen functional groups attached to an aromatic ring is 2. The number of ether oxygens (including phenoxy) is 2. The Bertz CT molecular complexity index is 1840. The third kappa shape index (κ3) is 11.1. The van der Waals surface area contributed by atoms with Gasteiger partial charge in [0.15, 0.2) is 46.9 Å². The van der Waals surface area contributed by atoms with Gasteiger partial charge in [-0.2, -0.15) is 11.1 Å². The Morgan fingerprint density at radius 3 is 1.62 bits per heavy atom. The molecule has 2 fully saturated rings. The van der Waals surface area contributed by atoms with Gasteiger partial charge in [-0.3, -0.25) is 9.13 Å². The van der Waals surface area contributed by atoms with Gasteiger partial charge in [0.2, 0.25) is 0 Å². The van der Waals surface area contributed by atoms with Crippen LogP contribution in [0.4, 0.5) is 11.6 Å². The molecule has 2 saturated heterocycles. The highest BCUT2D eigenvalue weighted by molar-refractivity contribution is 7.19. The molecule has 0 unspecified atom stereocenters. The summed E-state index contributed by atoms with van der Waals surface area (Å²) in [5.74, 6) is 0.679. The highest BCUT2D eigenvalue weighted by Gasteiger charge is 2.43. The zero-order valence-electron chi connectivity index (χ0n) is 34.5. The van der Waals surface area contributed by atoms with Crippen LogP contribution in [0.15, 0.2) is 25.3 Å². The van der Waals surface area contributed by atoms with E-state index in [1.54, 1.807) is 17.2 Å². The molecule has 0 aliphatic carbocycles. The SMILES string of the molecule is CC(C)[Si](C)(C)Cl.CC(C)[Si](C)(C)OC[C@H]1O[C@@H](n2cnc3c(N)ncnc32)C[C@H]1O[Si](C)(C)C(C)C.Nc1ncnc2c1ncn2[C@H]1C[C@@H](O)[C@@H](CO)O1. The molecule has 0 spiro atoms. The van der Waals surface area contributed by atoms with E-state index in [4.69, 9.17) is 46.0 Å². The van der Waals surface area contributed by atoms with Crippen molar-refractivity contribution in [2.75, 3.05) is 24.7 Å². The summed E-state index contributed by atoms with van der Waals surface area (Å²) in [5.41, 5.74) is 15.7. The normalized spacial score (nSPS) is 23.5. The summed E-state index contributed by atoms with van der Waals surface area (Å²) in [6.07, 6.45) is 5.16. The summed E-state index contributed by atoms with van der Waals surface area (Å²) in [4.78, 5) is 24.9. The molecule has 0 bridgehead atoms. The average Bonchev–Trinajstić information content (AvgIpc) is 3.89. The van der Waals surface area contributed by atoms with Crippen molar-refractivity contribution in [1.82, 2.24) is 39.0 Å². The summed E-state index contributed by atoms with van der Waals surface area (Å²) in [5, 5.41) is 18.8. The van der Waals surface area contributed by atoms with Crippen LogP contribution in [-0.2, 0) is 18.3 Å². The number of nitrogens with zero attached hydrogens (tertiary/aromatic N) is 8. The smallest absolute Gasteiger partial charge is 0.189 e. The first-order valence-corrected chi connectivity index (χ1v) is 29.1. The molecule has 6 rings (SSSR count). The van der Waals surface area contributed by atoms with E-state index in [1.165, 1.54) is 12.7 Å². The molecule has 0 saturated carbocycles. The van der Waals surface area contributed by atoms with E-state index in [0.717, 1.165) is 6.42 Å². The number of rotatable bonds is 11. The lowest BCUT2D eigenvalue weighted by atomic mass is 10.2. The number of aliphatic hydroxyl groups is 2. The molecule has 308 valence electrons. The molecule has 6 N–H and O–H groups in total. The van der Waals surface area contributed by atoms with Crippen LogP contribution >= 0.6 is 11.1 Å². The minimum absolute atomic E-state index is 0.0207. The van der Waals surface area contributed by atoms with E-state index < -0.39 is 42.5 Å². The zero-order chi connectivity index (χ0) is 41.0. The number of halogens is 1. The highest BCUT2D eigenvalue weighted by atomic mass is 35.6. The van der Waals surface area contributed by atoms with Crippen molar-refractivity contribution in [3.05, 3.63) is 25.3 Å². The van der Waals surface area contributed by atoms with Crippen LogP contribution in [0.1, 0.15) is 66.8 Å². The highest BCUT2D eigenvalue weighted by Crippen LogP contribution is 2.37. The lowest BCUT2D eigenvalue weighted by molar-refractivity contribution is -0.0432. The van der Waals surface area contributed by atoms with Crippen molar-refractivity contribution < 1.29 is 28.5 Å². The van der Waals surface area contributed by atoms with Crippen molar-refractivity contribution in [2.45, 2.75) is 147 Å². The van der Waals surface area contributed by atoms with Crippen LogP contribution < -0.4 is 11.5 Å². The number of aromatic nitrogens is 8. The lowest BCUT2D eigenvalue weighted by Crippen LogP contribution is -2.44. The minimum Gasteiger partial charge on any atom is -0.414 e. The predicted molar refractivity (Wildman–Crippen MR) is 224 cm³/mol. The maximum absolute atomic E-state index is 9.71. The summed E-state index contributed by atoms with van der Waals surface area (Å²) in [6.45, 7) is 27.0. The molecule has 2 aliphatic rings. The molecule has 20 heteroatoms. The predicted octanol–water partition coefficient (Wildman–Crippen LogP) is 6.22. The molecule has 4 aromatic heterocycles.